The van der Waals surface area contributed by atoms with E-state index in [1.807, 2.05) is 54.6 Å². The SMILES string of the molecule is CCCCNC(=O)[C@@H](Cc1ccccc1)N(Cc1ccccc1Cl)C(=O)CCc1ccc(CC)cc1. The van der Waals surface area contributed by atoms with Crippen molar-refractivity contribution in [2.45, 2.75) is 65.0 Å². The van der Waals surface area contributed by atoms with Gasteiger partial charge in [-0.25, -0.2) is 0 Å². The summed E-state index contributed by atoms with van der Waals surface area (Å²) < 4.78 is 0. The second-order valence-electron chi connectivity index (χ2n) is 9.13. The maximum atomic E-state index is 13.7. The molecule has 3 aromatic carbocycles. The highest BCUT2D eigenvalue weighted by atomic mass is 35.5. The first-order chi connectivity index (χ1) is 17.5. The minimum atomic E-state index is -0.629. The molecule has 36 heavy (non-hydrogen) atoms. The second-order valence-corrected chi connectivity index (χ2v) is 9.54. The van der Waals surface area contributed by atoms with Crippen molar-refractivity contribution < 1.29 is 9.59 Å². The number of nitrogens with one attached hydrogen (secondary N) is 1. The van der Waals surface area contributed by atoms with Crippen LogP contribution in [0.1, 0.15) is 55.4 Å². The summed E-state index contributed by atoms with van der Waals surface area (Å²) in [6, 6.07) is 25.2. The Kier molecular flexibility index (Phi) is 11.0. The molecule has 4 nitrogen and oxygen atoms in total. The molecule has 0 unspecified atom stereocenters. The van der Waals surface area contributed by atoms with Crippen LogP contribution in [0.4, 0.5) is 0 Å². The van der Waals surface area contributed by atoms with E-state index in [0.717, 1.165) is 36.0 Å². The van der Waals surface area contributed by atoms with Crippen LogP contribution in [0.2, 0.25) is 5.02 Å². The van der Waals surface area contributed by atoms with Gasteiger partial charge in [-0.15, -0.1) is 0 Å². The van der Waals surface area contributed by atoms with E-state index in [-0.39, 0.29) is 18.4 Å². The van der Waals surface area contributed by atoms with Gasteiger partial charge in [-0.1, -0.05) is 105 Å². The van der Waals surface area contributed by atoms with E-state index in [1.165, 1.54) is 5.56 Å². The number of unbranched alkanes of at least 4 members (excludes halogenated alkanes) is 1. The summed E-state index contributed by atoms with van der Waals surface area (Å²) in [5, 5.41) is 3.65. The molecule has 3 aromatic rings. The van der Waals surface area contributed by atoms with E-state index in [9.17, 15) is 9.59 Å². The quantitative estimate of drug-likeness (QED) is 0.274. The molecule has 0 aliphatic heterocycles. The third kappa shape index (κ3) is 8.23. The Bertz CT molecular complexity index is 1100. The Hall–Kier alpha value is -3.11. The molecule has 0 saturated carbocycles. The van der Waals surface area contributed by atoms with Crippen molar-refractivity contribution >= 4 is 23.4 Å². The third-order valence-corrected chi connectivity index (χ3v) is 6.83. The zero-order valence-electron chi connectivity index (χ0n) is 21.4. The fourth-order valence-corrected chi connectivity index (χ4v) is 4.40. The van der Waals surface area contributed by atoms with Crippen molar-refractivity contribution in [2.75, 3.05) is 6.54 Å². The van der Waals surface area contributed by atoms with Gasteiger partial charge in [0, 0.05) is 31.0 Å². The van der Waals surface area contributed by atoms with Crippen molar-refractivity contribution in [3.8, 4) is 0 Å². The van der Waals surface area contributed by atoms with E-state index in [4.69, 9.17) is 11.6 Å². The van der Waals surface area contributed by atoms with Crippen LogP contribution in [0.25, 0.3) is 0 Å². The molecule has 1 atom stereocenters. The molecular weight excluding hydrogens is 468 g/mol. The predicted molar refractivity (Wildman–Crippen MR) is 148 cm³/mol. The Morgan fingerprint density at radius 3 is 2.19 bits per heavy atom. The van der Waals surface area contributed by atoms with Crippen molar-refractivity contribution in [3.63, 3.8) is 0 Å². The molecule has 0 saturated heterocycles. The standard InChI is InChI=1S/C31H37ClN2O2/c1-3-5-21-33-31(36)29(22-26-11-7-6-8-12-26)34(23-27-13-9-10-14-28(27)32)30(35)20-19-25-17-15-24(4-2)16-18-25/h6-18,29H,3-5,19-23H2,1-2H3,(H,33,36)/t29-/m1/s1. The third-order valence-electron chi connectivity index (χ3n) is 6.46. The van der Waals surface area contributed by atoms with Gasteiger partial charge >= 0.3 is 0 Å². The van der Waals surface area contributed by atoms with Crippen LogP contribution in [0, 0.1) is 0 Å². The number of rotatable bonds is 13. The molecule has 0 aromatic heterocycles. The molecule has 2 amide bonds. The topological polar surface area (TPSA) is 49.4 Å². The van der Waals surface area contributed by atoms with Gasteiger partial charge in [-0.2, -0.15) is 0 Å². The summed E-state index contributed by atoms with van der Waals surface area (Å²) in [4.78, 5) is 28.9. The minimum absolute atomic E-state index is 0.0546. The number of carbonyl (C=O) groups is 2. The Labute approximate surface area is 220 Å². The highest BCUT2D eigenvalue weighted by Crippen LogP contribution is 2.21. The minimum Gasteiger partial charge on any atom is -0.354 e. The fourth-order valence-electron chi connectivity index (χ4n) is 4.21. The number of amides is 2. The number of hydrogen-bond donors (Lipinski definition) is 1. The monoisotopic (exact) mass is 504 g/mol. The van der Waals surface area contributed by atoms with Gasteiger partial charge in [0.15, 0.2) is 0 Å². The van der Waals surface area contributed by atoms with Crippen LogP contribution < -0.4 is 5.32 Å². The van der Waals surface area contributed by atoms with Gasteiger partial charge < -0.3 is 10.2 Å². The van der Waals surface area contributed by atoms with E-state index in [0.29, 0.717) is 30.8 Å². The normalized spacial score (nSPS) is 11.6. The highest BCUT2D eigenvalue weighted by molar-refractivity contribution is 6.31. The molecule has 0 spiro atoms. The summed E-state index contributed by atoms with van der Waals surface area (Å²) in [7, 11) is 0. The molecule has 0 aliphatic carbocycles. The summed E-state index contributed by atoms with van der Waals surface area (Å²) >= 11 is 6.48. The number of carbonyl (C=O) groups excluding carboxylic acids is 2. The first kappa shape index (κ1) is 27.5. The van der Waals surface area contributed by atoms with Gasteiger partial charge in [0.2, 0.25) is 11.8 Å². The molecule has 0 radical (unpaired) electrons. The second kappa shape index (κ2) is 14.4. The zero-order chi connectivity index (χ0) is 25.8. The Balaban J connectivity index is 1.87. The van der Waals surface area contributed by atoms with E-state index in [2.05, 4.69) is 43.4 Å². The summed E-state index contributed by atoms with van der Waals surface area (Å²) in [6.45, 7) is 5.10. The maximum absolute atomic E-state index is 13.7. The first-order valence-electron chi connectivity index (χ1n) is 12.9. The first-order valence-corrected chi connectivity index (χ1v) is 13.3. The molecule has 0 aliphatic rings. The molecular formula is C31H37ClN2O2. The molecule has 0 fully saturated rings. The van der Waals surface area contributed by atoms with Gasteiger partial charge in [-0.05, 0) is 47.6 Å². The van der Waals surface area contributed by atoms with Crippen molar-refractivity contribution in [1.82, 2.24) is 10.2 Å². The van der Waals surface area contributed by atoms with Gasteiger partial charge in [0.25, 0.3) is 0 Å². The zero-order valence-corrected chi connectivity index (χ0v) is 22.1. The average Bonchev–Trinajstić information content (AvgIpc) is 2.91. The molecule has 5 heteroatoms. The van der Waals surface area contributed by atoms with E-state index in [1.54, 1.807) is 4.90 Å². The van der Waals surface area contributed by atoms with Crippen LogP contribution in [0.15, 0.2) is 78.9 Å². The molecule has 0 bridgehead atoms. The Morgan fingerprint density at radius 2 is 1.53 bits per heavy atom. The number of aryl methyl sites for hydroxylation is 2. The predicted octanol–water partition coefficient (Wildman–Crippen LogP) is 6.39. The molecule has 3 rings (SSSR count). The number of halogens is 1. The van der Waals surface area contributed by atoms with E-state index >= 15 is 0 Å². The summed E-state index contributed by atoms with van der Waals surface area (Å²) in [6.07, 6.45) is 4.26. The van der Waals surface area contributed by atoms with Crippen LogP contribution in [0.5, 0.6) is 0 Å². The van der Waals surface area contributed by atoms with Crippen LogP contribution in [-0.2, 0) is 35.4 Å². The smallest absolute Gasteiger partial charge is 0.243 e. The molecule has 1 N–H and O–H groups in total. The number of hydrogen-bond acceptors (Lipinski definition) is 2. The van der Waals surface area contributed by atoms with Gasteiger partial charge in [-0.3, -0.25) is 9.59 Å². The van der Waals surface area contributed by atoms with E-state index < -0.39 is 6.04 Å². The lowest BCUT2D eigenvalue weighted by molar-refractivity contribution is -0.141. The average molecular weight is 505 g/mol. The Morgan fingerprint density at radius 1 is 0.861 bits per heavy atom. The van der Waals surface area contributed by atoms with Crippen molar-refractivity contribution in [2.24, 2.45) is 0 Å². The maximum Gasteiger partial charge on any atom is 0.243 e. The largest absolute Gasteiger partial charge is 0.354 e. The van der Waals surface area contributed by atoms with Crippen LogP contribution in [-0.4, -0.2) is 29.3 Å². The van der Waals surface area contributed by atoms with Gasteiger partial charge in [0.05, 0.1) is 0 Å². The van der Waals surface area contributed by atoms with Gasteiger partial charge in [0.1, 0.15) is 6.04 Å². The molecule has 190 valence electrons. The van der Waals surface area contributed by atoms with Crippen molar-refractivity contribution in [3.05, 3.63) is 106 Å². The fraction of sp³-hybridized carbons (Fsp3) is 0.355. The van der Waals surface area contributed by atoms with Crippen LogP contribution >= 0.6 is 11.6 Å². The van der Waals surface area contributed by atoms with Crippen molar-refractivity contribution in [1.29, 1.82) is 0 Å². The van der Waals surface area contributed by atoms with Crippen LogP contribution in [0.3, 0.4) is 0 Å². The lowest BCUT2D eigenvalue weighted by atomic mass is 10.0. The number of nitrogens with zero attached hydrogens (tertiary/aromatic N) is 1. The summed E-state index contributed by atoms with van der Waals surface area (Å²) in [5.41, 5.74) is 4.24. The lowest BCUT2D eigenvalue weighted by Gasteiger charge is -2.32. The highest BCUT2D eigenvalue weighted by Gasteiger charge is 2.30. The lowest BCUT2D eigenvalue weighted by Crippen LogP contribution is -2.50. The number of benzene rings is 3. The summed E-state index contributed by atoms with van der Waals surface area (Å²) in [5.74, 6) is -0.180. The molecule has 0 heterocycles.